The molecule has 0 unspecified atom stereocenters. The first kappa shape index (κ1) is 13.4. The molecule has 0 rings (SSSR count). The minimum atomic E-state index is -0.301. The highest BCUT2D eigenvalue weighted by molar-refractivity contribution is 5.70. The summed E-state index contributed by atoms with van der Waals surface area (Å²) >= 11 is 0. The summed E-state index contributed by atoms with van der Waals surface area (Å²) in [5, 5.41) is 0. The van der Waals surface area contributed by atoms with Gasteiger partial charge in [0, 0.05) is 12.5 Å². The van der Waals surface area contributed by atoms with Gasteiger partial charge in [-0.15, -0.1) is 0 Å². The highest BCUT2D eigenvalue weighted by Crippen LogP contribution is 2.37. The van der Waals surface area contributed by atoms with E-state index in [-0.39, 0.29) is 23.4 Å². The van der Waals surface area contributed by atoms with Gasteiger partial charge in [-0.1, -0.05) is 34.6 Å². The number of rotatable bonds is 4. The van der Waals surface area contributed by atoms with E-state index < -0.39 is 0 Å². The summed E-state index contributed by atoms with van der Waals surface area (Å²) in [4.78, 5) is 11.1. The summed E-state index contributed by atoms with van der Waals surface area (Å²) in [6.45, 7) is 11.0. The van der Waals surface area contributed by atoms with Crippen LogP contribution in [-0.2, 0) is 14.3 Å². The zero-order valence-electron chi connectivity index (χ0n) is 10.1. The van der Waals surface area contributed by atoms with Gasteiger partial charge < -0.3 is 9.47 Å². The Labute approximate surface area is 86.8 Å². The van der Waals surface area contributed by atoms with E-state index in [0.717, 1.165) is 0 Å². The molecule has 0 radical (unpaired) electrons. The van der Waals surface area contributed by atoms with Gasteiger partial charge in [0.15, 0.2) is 0 Å². The van der Waals surface area contributed by atoms with Crippen LogP contribution in [0.15, 0.2) is 0 Å². The molecule has 0 saturated heterocycles. The van der Waals surface area contributed by atoms with Gasteiger partial charge in [-0.25, -0.2) is 4.79 Å². The van der Waals surface area contributed by atoms with Crippen molar-refractivity contribution in [1.82, 2.24) is 0 Å². The molecule has 0 aliphatic rings. The molecule has 0 saturated carbocycles. The molecule has 0 aromatic carbocycles. The van der Waals surface area contributed by atoms with Crippen molar-refractivity contribution < 1.29 is 14.3 Å². The van der Waals surface area contributed by atoms with Crippen molar-refractivity contribution in [2.24, 2.45) is 10.8 Å². The molecule has 3 heteroatoms. The van der Waals surface area contributed by atoms with Crippen molar-refractivity contribution in [2.75, 3.05) is 20.3 Å². The number of carbonyl (C=O) groups is 1. The monoisotopic (exact) mass is 202 g/mol. The average molecular weight is 202 g/mol. The molecule has 0 heterocycles. The van der Waals surface area contributed by atoms with E-state index in [4.69, 9.17) is 4.74 Å². The van der Waals surface area contributed by atoms with Crippen molar-refractivity contribution >= 4 is 5.97 Å². The maximum atomic E-state index is 11.1. The van der Waals surface area contributed by atoms with Crippen molar-refractivity contribution in [3.63, 3.8) is 0 Å². The summed E-state index contributed by atoms with van der Waals surface area (Å²) in [5.41, 5.74) is 0.0801. The van der Waals surface area contributed by atoms with Crippen LogP contribution in [0.25, 0.3) is 0 Å². The fourth-order valence-electron chi connectivity index (χ4n) is 0.637. The molecule has 0 aromatic heterocycles. The number of carbonyl (C=O) groups excluding carboxylic acids is 1. The Morgan fingerprint density at radius 3 is 2.00 bits per heavy atom. The van der Waals surface area contributed by atoms with Crippen LogP contribution < -0.4 is 0 Å². The lowest BCUT2D eigenvalue weighted by atomic mass is 9.70. The van der Waals surface area contributed by atoms with Gasteiger partial charge in [-0.3, -0.25) is 0 Å². The average Bonchev–Trinajstić information content (AvgIpc) is 1.99. The van der Waals surface area contributed by atoms with Gasteiger partial charge in [0.1, 0.15) is 6.61 Å². The van der Waals surface area contributed by atoms with Crippen molar-refractivity contribution in [1.29, 1.82) is 0 Å². The van der Waals surface area contributed by atoms with E-state index in [2.05, 4.69) is 39.4 Å². The minimum Gasteiger partial charge on any atom is -0.463 e. The quantitative estimate of drug-likeness (QED) is 0.656. The van der Waals surface area contributed by atoms with Crippen molar-refractivity contribution in [2.45, 2.75) is 34.6 Å². The maximum Gasteiger partial charge on any atom is 0.332 e. The molecular weight excluding hydrogens is 180 g/mol. The molecule has 0 aliphatic carbocycles. The fraction of sp³-hybridized carbons (Fsp3) is 0.909. The first-order valence-electron chi connectivity index (χ1n) is 4.85. The number of methoxy groups -OCH3 is 1. The maximum absolute atomic E-state index is 11.1. The molecule has 0 atom stereocenters. The highest BCUT2D eigenvalue weighted by atomic mass is 16.6. The van der Waals surface area contributed by atoms with E-state index in [1.54, 1.807) is 0 Å². The largest absolute Gasteiger partial charge is 0.463 e. The Kier molecular flexibility index (Phi) is 4.59. The zero-order valence-corrected chi connectivity index (χ0v) is 10.1. The van der Waals surface area contributed by atoms with Gasteiger partial charge in [-0.05, 0) is 5.41 Å². The Bertz CT molecular complexity index is 189. The molecule has 0 amide bonds. The second kappa shape index (κ2) is 4.78. The first-order valence-corrected chi connectivity index (χ1v) is 4.85. The summed E-state index contributed by atoms with van der Waals surface area (Å²) in [6, 6.07) is 0. The highest BCUT2D eigenvalue weighted by Gasteiger charge is 2.33. The third-order valence-corrected chi connectivity index (χ3v) is 2.89. The van der Waals surface area contributed by atoms with Crippen LogP contribution >= 0.6 is 0 Å². The summed E-state index contributed by atoms with van der Waals surface area (Å²) in [6.07, 6.45) is 0. The number of hydrogen-bond donors (Lipinski definition) is 0. The van der Waals surface area contributed by atoms with Crippen LogP contribution in [0.5, 0.6) is 0 Å². The zero-order chi connectivity index (χ0) is 11.4. The fourth-order valence-corrected chi connectivity index (χ4v) is 0.637. The van der Waals surface area contributed by atoms with E-state index in [0.29, 0.717) is 6.61 Å². The van der Waals surface area contributed by atoms with Gasteiger partial charge >= 0.3 is 5.97 Å². The predicted molar refractivity (Wildman–Crippen MR) is 56.1 cm³/mol. The van der Waals surface area contributed by atoms with Gasteiger partial charge in [0.2, 0.25) is 0 Å². The summed E-state index contributed by atoms with van der Waals surface area (Å²) in [7, 11) is 1.48. The predicted octanol–water partition coefficient (Wildman–Crippen LogP) is 2.25. The third-order valence-electron chi connectivity index (χ3n) is 2.89. The number of esters is 1. The molecule has 0 spiro atoms. The van der Waals surface area contributed by atoms with Gasteiger partial charge in [0.05, 0.1) is 6.61 Å². The standard InChI is InChI=1S/C11H22O3/c1-10(2,3)11(4,5)8-14-9(12)7-13-6/h7-8H2,1-6H3. The smallest absolute Gasteiger partial charge is 0.332 e. The molecule has 0 fully saturated rings. The lowest BCUT2D eigenvalue weighted by Crippen LogP contribution is -2.35. The molecular formula is C11H22O3. The number of ether oxygens (including phenoxy) is 2. The molecule has 0 N–H and O–H groups in total. The Morgan fingerprint density at radius 2 is 1.64 bits per heavy atom. The second-order valence-electron chi connectivity index (χ2n) is 5.23. The Balaban J connectivity index is 4.06. The Morgan fingerprint density at radius 1 is 1.14 bits per heavy atom. The van der Waals surface area contributed by atoms with Crippen LogP contribution in [-0.4, -0.2) is 26.3 Å². The third kappa shape index (κ3) is 4.09. The first-order chi connectivity index (χ1) is 6.20. The molecule has 0 bridgehead atoms. The van der Waals surface area contributed by atoms with Crippen LogP contribution in [0.2, 0.25) is 0 Å². The van der Waals surface area contributed by atoms with Gasteiger partial charge in [0.25, 0.3) is 0 Å². The van der Waals surface area contributed by atoms with Crippen LogP contribution in [0.1, 0.15) is 34.6 Å². The molecule has 84 valence electrons. The normalized spacial score (nSPS) is 12.7. The lowest BCUT2D eigenvalue weighted by Gasteiger charge is -2.38. The topological polar surface area (TPSA) is 35.5 Å². The van der Waals surface area contributed by atoms with E-state index in [9.17, 15) is 4.79 Å². The second-order valence-corrected chi connectivity index (χ2v) is 5.23. The van der Waals surface area contributed by atoms with Crippen molar-refractivity contribution in [3.05, 3.63) is 0 Å². The van der Waals surface area contributed by atoms with E-state index >= 15 is 0 Å². The molecule has 14 heavy (non-hydrogen) atoms. The van der Waals surface area contributed by atoms with Crippen LogP contribution in [0.4, 0.5) is 0 Å². The SMILES string of the molecule is COCC(=O)OCC(C)(C)C(C)(C)C. The molecule has 0 aliphatic heterocycles. The molecule has 0 aromatic rings. The number of hydrogen-bond acceptors (Lipinski definition) is 3. The van der Waals surface area contributed by atoms with Crippen LogP contribution in [0.3, 0.4) is 0 Å². The van der Waals surface area contributed by atoms with E-state index in [1.165, 1.54) is 7.11 Å². The molecule has 3 nitrogen and oxygen atoms in total. The summed E-state index contributed by atoms with van der Waals surface area (Å²) < 4.78 is 9.79. The minimum absolute atomic E-state index is 0.0280. The van der Waals surface area contributed by atoms with E-state index in [1.807, 2.05) is 0 Å². The van der Waals surface area contributed by atoms with Gasteiger partial charge in [-0.2, -0.15) is 0 Å². The summed E-state index contributed by atoms with van der Waals surface area (Å²) in [5.74, 6) is -0.301. The van der Waals surface area contributed by atoms with Crippen molar-refractivity contribution in [3.8, 4) is 0 Å². The lowest BCUT2D eigenvalue weighted by molar-refractivity contribution is -0.153. The Hall–Kier alpha value is -0.570. The van der Waals surface area contributed by atoms with Crippen LogP contribution in [0, 0.1) is 10.8 Å².